The van der Waals surface area contributed by atoms with Gasteiger partial charge >= 0.3 is 0 Å². The average Bonchev–Trinajstić information content (AvgIpc) is 2.30. The Kier molecular flexibility index (Phi) is 1.63. The van der Waals surface area contributed by atoms with E-state index in [0.717, 1.165) is 6.42 Å². The van der Waals surface area contributed by atoms with Crippen LogP contribution in [0.1, 0.15) is 32.1 Å². The summed E-state index contributed by atoms with van der Waals surface area (Å²) in [6, 6.07) is 0.594. The molecule has 0 unspecified atom stereocenters. The number of amides is 1. The number of carbonyl (C=O) groups is 1. The average molecular weight is 153 g/mol. The van der Waals surface area contributed by atoms with Crippen molar-refractivity contribution in [1.82, 2.24) is 4.90 Å². The number of rotatable bonds is 0. The summed E-state index contributed by atoms with van der Waals surface area (Å²) in [4.78, 5) is 13.2. The Bertz CT molecular complexity index is 178. The Morgan fingerprint density at radius 2 is 2.09 bits per heavy atom. The standard InChI is InChI=1S/C9H15NO/c1-10-8-5-3-2-4-7(8)6-9(10)11/h7-8H,2-6H2,1H3/t7-,8-/m1/s1. The zero-order chi connectivity index (χ0) is 7.84. The van der Waals surface area contributed by atoms with Gasteiger partial charge in [0, 0.05) is 19.5 Å². The van der Waals surface area contributed by atoms with Crippen LogP contribution in [0.3, 0.4) is 0 Å². The molecular formula is C9H15NO. The van der Waals surface area contributed by atoms with Gasteiger partial charge in [0.25, 0.3) is 0 Å². The molecule has 1 heterocycles. The second kappa shape index (κ2) is 2.50. The van der Waals surface area contributed by atoms with E-state index in [-0.39, 0.29) is 0 Å². The minimum absolute atomic E-state index is 0.363. The van der Waals surface area contributed by atoms with Crippen LogP contribution in [0.4, 0.5) is 0 Å². The fourth-order valence-corrected chi connectivity index (χ4v) is 2.49. The zero-order valence-corrected chi connectivity index (χ0v) is 7.05. The summed E-state index contributed by atoms with van der Waals surface area (Å²) < 4.78 is 0. The van der Waals surface area contributed by atoms with Crippen molar-refractivity contribution in [2.45, 2.75) is 38.1 Å². The van der Waals surface area contributed by atoms with Gasteiger partial charge in [-0.15, -0.1) is 0 Å². The van der Waals surface area contributed by atoms with Crippen molar-refractivity contribution >= 4 is 5.91 Å². The van der Waals surface area contributed by atoms with E-state index in [0.29, 0.717) is 17.9 Å². The Labute approximate surface area is 67.6 Å². The fraction of sp³-hybridized carbons (Fsp3) is 0.889. The molecule has 2 nitrogen and oxygen atoms in total. The maximum Gasteiger partial charge on any atom is 0.222 e. The predicted octanol–water partition coefficient (Wildman–Crippen LogP) is 1.41. The lowest BCUT2D eigenvalue weighted by molar-refractivity contribution is -0.127. The maximum absolute atomic E-state index is 11.3. The summed E-state index contributed by atoms with van der Waals surface area (Å²) in [6.07, 6.45) is 6.00. The first-order valence-corrected chi connectivity index (χ1v) is 4.54. The second-order valence-electron chi connectivity index (χ2n) is 3.82. The summed E-state index contributed by atoms with van der Waals surface area (Å²) in [5, 5.41) is 0. The van der Waals surface area contributed by atoms with E-state index in [4.69, 9.17) is 0 Å². The number of hydrogen-bond acceptors (Lipinski definition) is 1. The third-order valence-corrected chi connectivity index (χ3v) is 3.20. The second-order valence-corrected chi connectivity index (χ2v) is 3.82. The normalized spacial score (nSPS) is 37.5. The minimum Gasteiger partial charge on any atom is -0.342 e. The van der Waals surface area contributed by atoms with Crippen molar-refractivity contribution in [2.24, 2.45) is 5.92 Å². The topological polar surface area (TPSA) is 20.3 Å². The molecule has 2 aliphatic rings. The van der Waals surface area contributed by atoms with Gasteiger partial charge in [0.05, 0.1) is 0 Å². The zero-order valence-electron chi connectivity index (χ0n) is 7.05. The van der Waals surface area contributed by atoms with Gasteiger partial charge in [-0.1, -0.05) is 12.8 Å². The lowest BCUT2D eigenvalue weighted by atomic mass is 9.85. The third kappa shape index (κ3) is 1.05. The van der Waals surface area contributed by atoms with Crippen molar-refractivity contribution in [2.75, 3.05) is 7.05 Å². The molecule has 1 aliphatic heterocycles. The minimum atomic E-state index is 0.363. The Hall–Kier alpha value is -0.530. The molecule has 0 aromatic rings. The monoisotopic (exact) mass is 153 g/mol. The van der Waals surface area contributed by atoms with Crippen molar-refractivity contribution in [3.05, 3.63) is 0 Å². The molecule has 0 bridgehead atoms. The van der Waals surface area contributed by atoms with Gasteiger partial charge in [0.1, 0.15) is 0 Å². The molecule has 0 N–H and O–H groups in total. The van der Waals surface area contributed by atoms with E-state index in [2.05, 4.69) is 0 Å². The van der Waals surface area contributed by atoms with Gasteiger partial charge in [-0.05, 0) is 18.8 Å². The number of nitrogens with zero attached hydrogens (tertiary/aromatic N) is 1. The molecule has 0 aromatic heterocycles. The summed E-state index contributed by atoms with van der Waals surface area (Å²) in [7, 11) is 1.96. The van der Waals surface area contributed by atoms with Crippen molar-refractivity contribution in [3.63, 3.8) is 0 Å². The molecule has 2 rings (SSSR count). The molecule has 2 atom stereocenters. The Morgan fingerprint density at radius 3 is 2.82 bits per heavy atom. The molecule has 0 spiro atoms. The van der Waals surface area contributed by atoms with Crippen LogP contribution in [0.25, 0.3) is 0 Å². The summed E-state index contributed by atoms with van der Waals surface area (Å²) in [5.41, 5.74) is 0. The largest absolute Gasteiger partial charge is 0.342 e. The molecule has 0 radical (unpaired) electrons. The highest BCUT2D eigenvalue weighted by atomic mass is 16.2. The van der Waals surface area contributed by atoms with Crippen LogP contribution in [-0.4, -0.2) is 23.9 Å². The molecule has 62 valence electrons. The van der Waals surface area contributed by atoms with Crippen molar-refractivity contribution in [3.8, 4) is 0 Å². The quantitative estimate of drug-likeness (QED) is 0.515. The summed E-state index contributed by atoms with van der Waals surface area (Å²) >= 11 is 0. The molecule has 11 heavy (non-hydrogen) atoms. The van der Waals surface area contributed by atoms with Crippen LogP contribution < -0.4 is 0 Å². The van der Waals surface area contributed by atoms with Crippen LogP contribution in [0.5, 0.6) is 0 Å². The molecule has 1 aliphatic carbocycles. The van der Waals surface area contributed by atoms with Gasteiger partial charge in [0.15, 0.2) is 0 Å². The SMILES string of the molecule is CN1C(=O)C[C@H]2CCCC[C@H]21. The Morgan fingerprint density at radius 1 is 1.36 bits per heavy atom. The lowest BCUT2D eigenvalue weighted by Crippen LogP contribution is -2.33. The van der Waals surface area contributed by atoms with Crippen molar-refractivity contribution in [1.29, 1.82) is 0 Å². The first-order valence-electron chi connectivity index (χ1n) is 4.54. The van der Waals surface area contributed by atoms with Gasteiger partial charge in [-0.2, -0.15) is 0 Å². The van der Waals surface area contributed by atoms with Crippen LogP contribution in [0.15, 0.2) is 0 Å². The lowest BCUT2D eigenvalue weighted by Gasteiger charge is -2.28. The highest BCUT2D eigenvalue weighted by Gasteiger charge is 2.38. The summed E-state index contributed by atoms with van der Waals surface area (Å²) in [6.45, 7) is 0. The van der Waals surface area contributed by atoms with Crippen LogP contribution in [0.2, 0.25) is 0 Å². The van der Waals surface area contributed by atoms with E-state index in [1.54, 1.807) is 0 Å². The molecule has 1 saturated heterocycles. The fourth-order valence-electron chi connectivity index (χ4n) is 2.49. The van der Waals surface area contributed by atoms with Gasteiger partial charge in [-0.25, -0.2) is 0 Å². The molecular weight excluding hydrogens is 138 g/mol. The van der Waals surface area contributed by atoms with E-state index >= 15 is 0 Å². The molecule has 0 aromatic carbocycles. The van der Waals surface area contributed by atoms with Gasteiger partial charge < -0.3 is 4.90 Å². The smallest absolute Gasteiger partial charge is 0.222 e. The first-order chi connectivity index (χ1) is 5.29. The predicted molar refractivity (Wildman–Crippen MR) is 43.1 cm³/mol. The number of likely N-dealkylation sites (tertiary alicyclic amines) is 1. The van der Waals surface area contributed by atoms with E-state index < -0.39 is 0 Å². The molecule has 1 saturated carbocycles. The van der Waals surface area contributed by atoms with Crippen LogP contribution in [0, 0.1) is 5.92 Å². The molecule has 2 heteroatoms. The number of hydrogen-bond donors (Lipinski definition) is 0. The highest BCUT2D eigenvalue weighted by molar-refractivity contribution is 5.79. The maximum atomic E-state index is 11.3. The highest BCUT2D eigenvalue weighted by Crippen LogP contribution is 2.35. The van der Waals surface area contributed by atoms with E-state index in [1.807, 2.05) is 11.9 Å². The third-order valence-electron chi connectivity index (χ3n) is 3.20. The summed E-state index contributed by atoms with van der Waals surface area (Å²) in [5.74, 6) is 1.06. The Balaban J connectivity index is 2.11. The first kappa shape index (κ1) is 7.14. The van der Waals surface area contributed by atoms with Crippen LogP contribution >= 0.6 is 0 Å². The van der Waals surface area contributed by atoms with Crippen LogP contribution in [-0.2, 0) is 4.79 Å². The van der Waals surface area contributed by atoms with Gasteiger partial charge in [-0.3, -0.25) is 4.79 Å². The molecule has 1 amide bonds. The molecule has 2 fully saturated rings. The van der Waals surface area contributed by atoms with Gasteiger partial charge in [0.2, 0.25) is 5.91 Å². The number of fused-ring (bicyclic) bond motifs is 1. The van der Waals surface area contributed by atoms with E-state index in [9.17, 15) is 4.79 Å². The van der Waals surface area contributed by atoms with E-state index in [1.165, 1.54) is 25.7 Å². The van der Waals surface area contributed by atoms with Crippen molar-refractivity contribution < 1.29 is 4.79 Å². The number of carbonyl (C=O) groups excluding carboxylic acids is 1.